The highest BCUT2D eigenvalue weighted by atomic mass is 19.3. The van der Waals surface area contributed by atoms with Gasteiger partial charge in [0.25, 0.3) is 0 Å². The molecule has 1 aliphatic carbocycles. The number of methoxy groups -OCH3 is 1. The van der Waals surface area contributed by atoms with Crippen LogP contribution < -0.4 is 14.8 Å². The summed E-state index contributed by atoms with van der Waals surface area (Å²) in [7, 11) is 1.34. The molecule has 34 heavy (non-hydrogen) atoms. The zero-order valence-electron chi connectivity index (χ0n) is 18.9. The molecule has 2 atom stereocenters. The second-order valence-electron chi connectivity index (χ2n) is 9.03. The average molecular weight is 473 g/mol. The van der Waals surface area contributed by atoms with Crippen molar-refractivity contribution in [2.45, 2.75) is 56.5 Å². The number of carbonyl (C=O) groups excluding carboxylic acids is 2. The summed E-state index contributed by atoms with van der Waals surface area (Å²) < 4.78 is 46.5. The van der Waals surface area contributed by atoms with Gasteiger partial charge in [-0.15, -0.1) is 8.78 Å². The number of alkyl halides is 2. The van der Waals surface area contributed by atoms with Gasteiger partial charge in [0.1, 0.15) is 0 Å². The molecule has 1 saturated heterocycles. The lowest BCUT2D eigenvalue weighted by atomic mass is 9.91. The SMILES string of the molecule is COC(=O)c1ccc([C@@H]2C[C@H](NC(=O)C3(c4ccc5c(c4)OC(F)(F)O5)CC3)CCO2)c(C)c1. The number of hydrogen-bond acceptors (Lipinski definition) is 6. The quantitative estimate of drug-likeness (QED) is 0.657. The number of esters is 1. The number of rotatable bonds is 5. The Morgan fingerprint density at radius 2 is 1.85 bits per heavy atom. The second-order valence-corrected chi connectivity index (χ2v) is 9.03. The van der Waals surface area contributed by atoms with Crippen LogP contribution in [0.1, 0.15) is 58.8 Å². The number of halogens is 2. The zero-order valence-corrected chi connectivity index (χ0v) is 18.9. The van der Waals surface area contributed by atoms with Crippen LogP contribution in [0.2, 0.25) is 0 Å². The first kappa shape index (κ1) is 22.6. The van der Waals surface area contributed by atoms with Gasteiger partial charge in [-0.05, 0) is 73.6 Å². The van der Waals surface area contributed by atoms with E-state index in [1.165, 1.54) is 19.2 Å². The molecule has 180 valence electrons. The van der Waals surface area contributed by atoms with Crippen molar-refractivity contribution < 1.29 is 37.3 Å². The van der Waals surface area contributed by atoms with E-state index in [0.29, 0.717) is 43.4 Å². The minimum absolute atomic E-state index is 0.0363. The van der Waals surface area contributed by atoms with E-state index in [1.807, 2.05) is 13.0 Å². The molecule has 1 amide bonds. The Bertz CT molecular complexity index is 1150. The third-order valence-electron chi connectivity index (χ3n) is 6.80. The van der Waals surface area contributed by atoms with Crippen LogP contribution in [0, 0.1) is 6.92 Å². The van der Waals surface area contributed by atoms with Crippen molar-refractivity contribution in [3.63, 3.8) is 0 Å². The number of ether oxygens (including phenoxy) is 4. The summed E-state index contributed by atoms with van der Waals surface area (Å²) in [4.78, 5) is 25.0. The minimum atomic E-state index is -3.69. The van der Waals surface area contributed by atoms with Gasteiger partial charge in [-0.1, -0.05) is 12.1 Å². The summed E-state index contributed by atoms with van der Waals surface area (Å²) in [5, 5.41) is 3.15. The van der Waals surface area contributed by atoms with Crippen LogP contribution in [-0.4, -0.2) is 37.9 Å². The van der Waals surface area contributed by atoms with Gasteiger partial charge in [-0.25, -0.2) is 4.79 Å². The highest BCUT2D eigenvalue weighted by Gasteiger charge is 2.53. The number of carbonyl (C=O) groups is 2. The first-order chi connectivity index (χ1) is 16.2. The van der Waals surface area contributed by atoms with Crippen LogP contribution in [0.5, 0.6) is 11.5 Å². The van der Waals surface area contributed by atoms with Gasteiger partial charge in [-0.2, -0.15) is 0 Å². The molecule has 2 aliphatic heterocycles. The molecule has 7 nitrogen and oxygen atoms in total. The van der Waals surface area contributed by atoms with Gasteiger partial charge in [0.15, 0.2) is 11.5 Å². The van der Waals surface area contributed by atoms with Gasteiger partial charge >= 0.3 is 12.3 Å². The van der Waals surface area contributed by atoms with Crippen molar-refractivity contribution >= 4 is 11.9 Å². The molecule has 2 heterocycles. The third-order valence-corrected chi connectivity index (χ3v) is 6.80. The Hall–Kier alpha value is -3.20. The first-order valence-corrected chi connectivity index (χ1v) is 11.2. The predicted octanol–water partition coefficient (Wildman–Crippen LogP) is 4.17. The van der Waals surface area contributed by atoms with Crippen molar-refractivity contribution in [2.24, 2.45) is 0 Å². The third kappa shape index (κ3) is 4.09. The van der Waals surface area contributed by atoms with Crippen molar-refractivity contribution in [2.75, 3.05) is 13.7 Å². The van der Waals surface area contributed by atoms with Crippen molar-refractivity contribution in [3.05, 3.63) is 58.7 Å². The molecule has 1 N–H and O–H groups in total. The molecule has 3 aliphatic rings. The maximum Gasteiger partial charge on any atom is 0.586 e. The highest BCUT2D eigenvalue weighted by Crippen LogP contribution is 2.52. The van der Waals surface area contributed by atoms with E-state index >= 15 is 0 Å². The molecule has 0 aromatic heterocycles. The van der Waals surface area contributed by atoms with Crippen LogP contribution >= 0.6 is 0 Å². The van der Waals surface area contributed by atoms with E-state index in [4.69, 9.17) is 9.47 Å². The van der Waals surface area contributed by atoms with Crippen molar-refractivity contribution in [3.8, 4) is 11.5 Å². The predicted molar refractivity (Wildman–Crippen MR) is 116 cm³/mol. The van der Waals surface area contributed by atoms with Crippen molar-refractivity contribution in [1.82, 2.24) is 5.32 Å². The van der Waals surface area contributed by atoms with Gasteiger partial charge < -0.3 is 24.3 Å². The first-order valence-electron chi connectivity index (χ1n) is 11.2. The van der Waals surface area contributed by atoms with Gasteiger partial charge in [0.2, 0.25) is 5.91 Å². The van der Waals surface area contributed by atoms with E-state index in [-0.39, 0.29) is 29.6 Å². The normalized spacial score (nSPS) is 23.8. The molecule has 0 radical (unpaired) electrons. The van der Waals surface area contributed by atoms with E-state index in [9.17, 15) is 18.4 Å². The Morgan fingerprint density at radius 1 is 1.09 bits per heavy atom. The number of amides is 1. The Kier molecular flexibility index (Phi) is 5.47. The molecule has 2 aromatic rings. The fourth-order valence-corrected chi connectivity index (χ4v) is 4.77. The lowest BCUT2D eigenvalue weighted by Crippen LogP contribution is -2.44. The van der Waals surface area contributed by atoms with Crippen LogP contribution in [0.25, 0.3) is 0 Å². The Labute approximate surface area is 195 Å². The minimum Gasteiger partial charge on any atom is -0.465 e. The smallest absolute Gasteiger partial charge is 0.465 e. The monoisotopic (exact) mass is 473 g/mol. The maximum atomic E-state index is 13.4. The maximum absolute atomic E-state index is 13.4. The van der Waals surface area contributed by atoms with Gasteiger partial charge in [0, 0.05) is 12.6 Å². The standard InChI is InChI=1S/C25H25F2NO6/c1-14-11-15(22(29)31-2)3-5-18(14)20-13-17(7-10-32-20)28-23(30)24(8-9-24)16-4-6-19-21(12-16)34-25(26,27)33-19/h3-6,11-12,17,20H,7-10,13H2,1-2H3,(H,28,30)/t17-,20+/m1/s1. The number of nitrogens with one attached hydrogen (secondary N) is 1. The summed E-state index contributed by atoms with van der Waals surface area (Å²) in [6, 6.07) is 9.79. The van der Waals surface area contributed by atoms with Gasteiger partial charge in [0.05, 0.1) is 24.2 Å². The number of aryl methyl sites for hydroxylation is 1. The van der Waals surface area contributed by atoms with E-state index < -0.39 is 17.7 Å². The molecule has 1 saturated carbocycles. The van der Waals surface area contributed by atoms with E-state index in [0.717, 1.165) is 11.1 Å². The summed E-state index contributed by atoms with van der Waals surface area (Å²) in [5.41, 5.74) is 2.24. The Balaban J connectivity index is 1.27. The molecule has 2 aromatic carbocycles. The van der Waals surface area contributed by atoms with Crippen LogP contribution in [0.3, 0.4) is 0 Å². The largest absolute Gasteiger partial charge is 0.586 e. The van der Waals surface area contributed by atoms with E-state index in [1.54, 1.807) is 18.2 Å². The van der Waals surface area contributed by atoms with Crippen molar-refractivity contribution in [1.29, 1.82) is 0 Å². The molecule has 0 bridgehead atoms. The van der Waals surface area contributed by atoms with Crippen LogP contribution in [0.15, 0.2) is 36.4 Å². The average Bonchev–Trinajstić information content (AvgIpc) is 3.55. The molecule has 9 heteroatoms. The summed E-state index contributed by atoms with van der Waals surface area (Å²) in [6.07, 6.45) is -1.37. The number of fused-ring (bicyclic) bond motifs is 1. The fraction of sp³-hybridized carbons (Fsp3) is 0.440. The molecular formula is C25H25F2NO6. The molecular weight excluding hydrogens is 448 g/mol. The van der Waals surface area contributed by atoms with E-state index in [2.05, 4.69) is 14.8 Å². The summed E-state index contributed by atoms with van der Waals surface area (Å²) in [6.45, 7) is 2.40. The lowest BCUT2D eigenvalue weighted by Gasteiger charge is -2.32. The van der Waals surface area contributed by atoms with Crippen LogP contribution in [-0.2, 0) is 19.7 Å². The van der Waals surface area contributed by atoms with Crippen LogP contribution in [0.4, 0.5) is 8.78 Å². The molecule has 0 spiro atoms. The number of hydrogen-bond donors (Lipinski definition) is 1. The molecule has 0 unspecified atom stereocenters. The zero-order chi connectivity index (χ0) is 24.1. The highest BCUT2D eigenvalue weighted by molar-refractivity contribution is 5.92. The topological polar surface area (TPSA) is 83.1 Å². The van der Waals surface area contributed by atoms with Gasteiger partial charge in [-0.3, -0.25) is 4.79 Å². The molecule has 2 fully saturated rings. The molecule has 5 rings (SSSR count). The fourth-order valence-electron chi connectivity index (χ4n) is 4.77. The summed E-state index contributed by atoms with van der Waals surface area (Å²) >= 11 is 0. The second kappa shape index (κ2) is 8.23. The number of benzene rings is 2. The Morgan fingerprint density at radius 3 is 2.56 bits per heavy atom. The lowest BCUT2D eigenvalue weighted by molar-refractivity contribution is -0.286. The summed E-state index contributed by atoms with van der Waals surface area (Å²) in [5.74, 6) is -0.614.